The molecule has 1 heterocycles. The summed E-state index contributed by atoms with van der Waals surface area (Å²) in [4.78, 5) is 18.2. The molecular weight excluding hydrogens is 385 g/mol. The van der Waals surface area contributed by atoms with Crippen LogP contribution in [0.15, 0.2) is 4.99 Å². The van der Waals surface area contributed by atoms with Crippen molar-refractivity contribution in [2.24, 2.45) is 16.8 Å². The van der Waals surface area contributed by atoms with Gasteiger partial charge < -0.3 is 20.1 Å². The van der Waals surface area contributed by atoms with Crippen LogP contribution < -0.4 is 5.32 Å². The van der Waals surface area contributed by atoms with Crippen LogP contribution >= 0.6 is 24.0 Å². The number of aliphatic hydroxyl groups is 1. The molecule has 1 aliphatic heterocycles. The number of nitrogens with zero attached hydrogens (tertiary/aromatic N) is 2. The van der Waals surface area contributed by atoms with Gasteiger partial charge in [-0.2, -0.15) is 0 Å². The Morgan fingerprint density at radius 1 is 1.48 bits per heavy atom. The van der Waals surface area contributed by atoms with Crippen molar-refractivity contribution in [1.29, 1.82) is 0 Å². The van der Waals surface area contributed by atoms with E-state index in [2.05, 4.69) is 15.2 Å². The fourth-order valence-corrected chi connectivity index (χ4v) is 2.22. The number of nitrogens with one attached hydrogen (secondary N) is 1. The molecule has 7 heteroatoms. The van der Waals surface area contributed by atoms with E-state index in [9.17, 15) is 4.79 Å². The number of aliphatic imine (C=N–C) groups is 1. The van der Waals surface area contributed by atoms with Crippen LogP contribution in [0.4, 0.5) is 0 Å². The number of ether oxygens (including phenoxy) is 1. The molecule has 0 spiro atoms. The molecule has 2 N–H and O–H groups in total. The number of carbonyl (C=O) groups is 1. The Kier molecular flexibility index (Phi) is 10.8. The molecule has 6 nitrogen and oxygen atoms in total. The van der Waals surface area contributed by atoms with E-state index in [0.29, 0.717) is 6.54 Å². The Balaban J connectivity index is 0.00000400. The quantitative estimate of drug-likeness (QED) is 0.306. The van der Waals surface area contributed by atoms with Crippen molar-refractivity contribution in [3.05, 3.63) is 0 Å². The van der Waals surface area contributed by atoms with Crippen molar-refractivity contribution in [3.8, 4) is 0 Å². The Labute approximate surface area is 144 Å². The highest BCUT2D eigenvalue weighted by Gasteiger charge is 2.26. The zero-order valence-electron chi connectivity index (χ0n) is 13.2. The molecule has 1 saturated heterocycles. The van der Waals surface area contributed by atoms with Crippen molar-refractivity contribution in [2.45, 2.75) is 26.7 Å². The molecule has 1 aliphatic rings. The standard InChI is InChI=1S/C14H27N3O3.HI/c1-4-15-14(16-9-11(2)10-18)17-7-5-12(6-8-17)13(19)20-3;/h11-12,18H,4-10H2,1-3H3,(H,15,16);1H. The normalized spacial score (nSPS) is 17.9. The number of likely N-dealkylation sites (tertiary alicyclic amines) is 1. The second-order valence-electron chi connectivity index (χ2n) is 5.27. The van der Waals surface area contributed by atoms with Crippen LogP contribution in [0.2, 0.25) is 0 Å². The molecule has 1 atom stereocenters. The number of hydrogen-bond donors (Lipinski definition) is 2. The van der Waals surface area contributed by atoms with Crippen LogP contribution in [0, 0.1) is 11.8 Å². The van der Waals surface area contributed by atoms with Gasteiger partial charge in [0, 0.05) is 32.8 Å². The van der Waals surface area contributed by atoms with Crippen molar-refractivity contribution in [2.75, 3.05) is 39.9 Å². The number of guanidine groups is 1. The lowest BCUT2D eigenvalue weighted by Crippen LogP contribution is -2.46. The summed E-state index contributed by atoms with van der Waals surface area (Å²) >= 11 is 0. The van der Waals surface area contributed by atoms with Crippen LogP contribution in [-0.2, 0) is 9.53 Å². The van der Waals surface area contributed by atoms with Crippen molar-refractivity contribution in [1.82, 2.24) is 10.2 Å². The third-order valence-corrected chi connectivity index (χ3v) is 3.53. The molecule has 1 rings (SSSR count). The van der Waals surface area contributed by atoms with Crippen molar-refractivity contribution in [3.63, 3.8) is 0 Å². The van der Waals surface area contributed by atoms with Gasteiger partial charge in [0.15, 0.2) is 5.96 Å². The summed E-state index contributed by atoms with van der Waals surface area (Å²) < 4.78 is 4.80. The molecule has 0 saturated carbocycles. The summed E-state index contributed by atoms with van der Waals surface area (Å²) in [6, 6.07) is 0. The Hall–Kier alpha value is -0.570. The molecule has 0 aromatic heterocycles. The van der Waals surface area contributed by atoms with Gasteiger partial charge in [-0.25, -0.2) is 0 Å². The van der Waals surface area contributed by atoms with E-state index in [-0.39, 0.29) is 48.4 Å². The van der Waals surface area contributed by atoms with Crippen LogP contribution in [0.5, 0.6) is 0 Å². The van der Waals surface area contributed by atoms with Gasteiger partial charge in [-0.05, 0) is 25.7 Å². The summed E-state index contributed by atoms with van der Waals surface area (Å²) in [6.45, 7) is 7.17. The first kappa shape index (κ1) is 20.4. The smallest absolute Gasteiger partial charge is 0.308 e. The minimum absolute atomic E-state index is 0. The van der Waals surface area contributed by atoms with E-state index in [1.165, 1.54) is 7.11 Å². The fourth-order valence-electron chi connectivity index (χ4n) is 2.22. The number of aliphatic hydroxyl groups excluding tert-OH is 1. The van der Waals surface area contributed by atoms with Gasteiger partial charge in [0.05, 0.1) is 13.0 Å². The Morgan fingerprint density at radius 3 is 2.57 bits per heavy atom. The van der Waals surface area contributed by atoms with Gasteiger partial charge in [-0.15, -0.1) is 24.0 Å². The lowest BCUT2D eigenvalue weighted by Gasteiger charge is -2.33. The summed E-state index contributed by atoms with van der Waals surface area (Å²) in [6.07, 6.45) is 1.60. The zero-order valence-corrected chi connectivity index (χ0v) is 15.5. The van der Waals surface area contributed by atoms with E-state index < -0.39 is 0 Å². The lowest BCUT2D eigenvalue weighted by molar-refractivity contribution is -0.146. The average Bonchev–Trinajstić information content (AvgIpc) is 2.50. The van der Waals surface area contributed by atoms with Crippen molar-refractivity contribution >= 4 is 35.9 Å². The van der Waals surface area contributed by atoms with Gasteiger partial charge in [0.1, 0.15) is 0 Å². The highest BCUT2D eigenvalue weighted by atomic mass is 127. The van der Waals surface area contributed by atoms with Crippen LogP contribution in [-0.4, -0.2) is 61.8 Å². The number of esters is 1. The molecule has 124 valence electrons. The summed E-state index contributed by atoms with van der Waals surface area (Å²) in [5.41, 5.74) is 0. The monoisotopic (exact) mass is 413 g/mol. The molecule has 0 radical (unpaired) electrons. The SMILES string of the molecule is CCNC(=NCC(C)CO)N1CCC(C(=O)OC)CC1.I. The van der Waals surface area contributed by atoms with Gasteiger partial charge in [-0.3, -0.25) is 9.79 Å². The highest BCUT2D eigenvalue weighted by molar-refractivity contribution is 14.0. The van der Waals surface area contributed by atoms with Crippen LogP contribution in [0.25, 0.3) is 0 Å². The van der Waals surface area contributed by atoms with E-state index in [1.54, 1.807) is 0 Å². The molecule has 1 fully saturated rings. The number of carbonyl (C=O) groups excluding carboxylic acids is 1. The second-order valence-corrected chi connectivity index (χ2v) is 5.27. The van der Waals surface area contributed by atoms with E-state index in [0.717, 1.165) is 38.4 Å². The van der Waals surface area contributed by atoms with Crippen molar-refractivity contribution < 1.29 is 14.6 Å². The zero-order chi connectivity index (χ0) is 15.0. The topological polar surface area (TPSA) is 74.2 Å². The number of hydrogen-bond acceptors (Lipinski definition) is 4. The first-order chi connectivity index (χ1) is 9.62. The third kappa shape index (κ3) is 6.82. The second kappa shape index (κ2) is 11.1. The largest absolute Gasteiger partial charge is 0.469 e. The summed E-state index contributed by atoms with van der Waals surface area (Å²) in [7, 11) is 1.44. The molecule has 0 aromatic rings. The van der Waals surface area contributed by atoms with Gasteiger partial charge in [0.2, 0.25) is 0 Å². The molecule has 1 unspecified atom stereocenters. The molecule has 21 heavy (non-hydrogen) atoms. The van der Waals surface area contributed by atoms with E-state index in [4.69, 9.17) is 9.84 Å². The van der Waals surface area contributed by atoms with Gasteiger partial charge >= 0.3 is 5.97 Å². The first-order valence-electron chi connectivity index (χ1n) is 7.34. The highest BCUT2D eigenvalue weighted by Crippen LogP contribution is 2.18. The number of halogens is 1. The Bertz CT molecular complexity index is 331. The number of rotatable bonds is 5. The molecule has 0 aliphatic carbocycles. The molecular formula is C14H28IN3O3. The maximum absolute atomic E-state index is 11.5. The van der Waals surface area contributed by atoms with Crippen LogP contribution in [0.3, 0.4) is 0 Å². The third-order valence-electron chi connectivity index (χ3n) is 3.53. The first-order valence-corrected chi connectivity index (χ1v) is 7.34. The maximum Gasteiger partial charge on any atom is 0.308 e. The van der Waals surface area contributed by atoms with Crippen LogP contribution in [0.1, 0.15) is 26.7 Å². The number of piperidine rings is 1. The van der Waals surface area contributed by atoms with Gasteiger partial charge in [-0.1, -0.05) is 6.92 Å². The minimum atomic E-state index is -0.111. The maximum atomic E-state index is 11.5. The molecule has 0 amide bonds. The molecule has 0 bridgehead atoms. The van der Waals surface area contributed by atoms with Gasteiger partial charge in [0.25, 0.3) is 0 Å². The number of methoxy groups -OCH3 is 1. The predicted octanol–water partition coefficient (Wildman–Crippen LogP) is 1.08. The fraction of sp³-hybridized carbons (Fsp3) is 0.857. The minimum Gasteiger partial charge on any atom is -0.469 e. The Morgan fingerprint density at radius 2 is 2.10 bits per heavy atom. The predicted molar refractivity (Wildman–Crippen MR) is 94.0 cm³/mol. The van der Waals surface area contributed by atoms with E-state index in [1.807, 2.05) is 13.8 Å². The summed E-state index contributed by atoms with van der Waals surface area (Å²) in [5.74, 6) is 0.934. The average molecular weight is 413 g/mol. The summed E-state index contributed by atoms with van der Waals surface area (Å²) in [5, 5.41) is 12.3. The van der Waals surface area contributed by atoms with E-state index >= 15 is 0 Å². The molecule has 0 aromatic carbocycles. The lowest BCUT2D eigenvalue weighted by atomic mass is 9.97.